The van der Waals surface area contributed by atoms with Gasteiger partial charge in [-0.2, -0.15) is 0 Å². The molecule has 0 aromatic rings. The van der Waals surface area contributed by atoms with Crippen molar-refractivity contribution in [3.63, 3.8) is 0 Å². The van der Waals surface area contributed by atoms with Gasteiger partial charge in [-0.1, -0.05) is 13.8 Å². The van der Waals surface area contributed by atoms with Crippen LogP contribution in [-0.2, 0) is 4.79 Å². The molecule has 0 rings (SSSR count). The van der Waals surface area contributed by atoms with Crippen LogP contribution in [0.3, 0.4) is 0 Å². The molecule has 5 heteroatoms. The van der Waals surface area contributed by atoms with Crippen LogP contribution >= 0.6 is 0 Å². The number of hydrogen-bond donors (Lipinski definition) is 4. The van der Waals surface area contributed by atoms with Crippen LogP contribution in [0.4, 0.5) is 0 Å². The van der Waals surface area contributed by atoms with Crippen molar-refractivity contribution in [2.45, 2.75) is 26.3 Å². The van der Waals surface area contributed by atoms with Crippen molar-refractivity contribution in [2.75, 3.05) is 0 Å². The summed E-state index contributed by atoms with van der Waals surface area (Å²) in [6, 6.07) is -0.690. The van der Waals surface area contributed by atoms with Gasteiger partial charge in [-0.3, -0.25) is 16.5 Å². The van der Waals surface area contributed by atoms with Crippen molar-refractivity contribution in [3.8, 4) is 0 Å². The maximum Gasteiger partial charge on any atom is 0.320 e. The Labute approximate surface area is 66.5 Å². The van der Waals surface area contributed by atoms with Crippen LogP contribution in [0.15, 0.2) is 0 Å². The minimum absolute atomic E-state index is 0.357. The summed E-state index contributed by atoms with van der Waals surface area (Å²) < 4.78 is 0. The molecule has 0 saturated heterocycles. The number of hydrogen-bond acceptors (Lipinski definition) is 4. The van der Waals surface area contributed by atoms with Crippen LogP contribution in [0.5, 0.6) is 0 Å². The molecule has 0 radical (unpaired) electrons. The molecule has 0 aliphatic heterocycles. The maximum absolute atomic E-state index is 10.1. The third kappa shape index (κ3) is 9.35. The second-order valence-corrected chi connectivity index (χ2v) is 2.57. The highest BCUT2D eigenvalue weighted by Gasteiger charge is 2.11. The fourth-order valence-electron chi connectivity index (χ4n) is 0.609. The van der Waals surface area contributed by atoms with Crippen LogP contribution in [0.2, 0.25) is 0 Å². The zero-order valence-corrected chi connectivity index (χ0v) is 6.95. The number of hydrazine groups is 1. The third-order valence-corrected chi connectivity index (χ3v) is 1.04. The van der Waals surface area contributed by atoms with Gasteiger partial charge in [0.25, 0.3) is 0 Å². The first-order valence-electron chi connectivity index (χ1n) is 3.35. The van der Waals surface area contributed by atoms with Gasteiger partial charge in [0.1, 0.15) is 6.04 Å². The Hall–Kier alpha value is -0.650. The molecule has 0 fully saturated rings. The summed E-state index contributed by atoms with van der Waals surface area (Å²) in [7, 11) is 0. The number of carbonyl (C=O) groups is 1. The molecule has 7 N–H and O–H groups in total. The lowest BCUT2D eigenvalue weighted by atomic mass is 10.1. The molecule has 0 spiro atoms. The molecule has 0 bridgehead atoms. The van der Waals surface area contributed by atoms with Crippen molar-refractivity contribution >= 4 is 5.97 Å². The van der Waals surface area contributed by atoms with Gasteiger partial charge in [-0.25, -0.2) is 0 Å². The number of aliphatic carboxylic acids is 1. The van der Waals surface area contributed by atoms with E-state index in [0.717, 1.165) is 0 Å². The highest BCUT2D eigenvalue weighted by molar-refractivity contribution is 5.72. The molecule has 1 atom stereocenters. The highest BCUT2D eigenvalue weighted by atomic mass is 16.4. The van der Waals surface area contributed by atoms with Gasteiger partial charge < -0.3 is 10.8 Å². The van der Waals surface area contributed by atoms with E-state index in [-0.39, 0.29) is 0 Å². The number of carboxylic acid groups (broad SMARTS) is 1. The van der Waals surface area contributed by atoms with Gasteiger partial charge in [0.15, 0.2) is 0 Å². The molecule has 0 saturated carbocycles. The monoisotopic (exact) mass is 163 g/mol. The Morgan fingerprint density at radius 3 is 1.91 bits per heavy atom. The summed E-state index contributed by atoms with van der Waals surface area (Å²) in [4.78, 5) is 10.1. The first kappa shape index (κ1) is 13.0. The number of carboxylic acids is 1. The minimum atomic E-state index is -0.913. The molecule has 68 valence electrons. The zero-order chi connectivity index (χ0) is 9.44. The minimum Gasteiger partial charge on any atom is -0.480 e. The van der Waals surface area contributed by atoms with E-state index in [1.165, 1.54) is 0 Å². The first-order chi connectivity index (χ1) is 5.04. The van der Waals surface area contributed by atoms with E-state index >= 15 is 0 Å². The molecule has 0 aliphatic rings. The summed E-state index contributed by atoms with van der Waals surface area (Å²) in [5, 5.41) is 8.31. The molecule has 0 aromatic carbocycles. The second-order valence-electron chi connectivity index (χ2n) is 2.57. The Balaban J connectivity index is 0. The highest BCUT2D eigenvalue weighted by Crippen LogP contribution is 2.01. The zero-order valence-electron chi connectivity index (χ0n) is 6.95. The smallest absolute Gasteiger partial charge is 0.320 e. The summed E-state index contributed by atoms with van der Waals surface area (Å²) in [5.41, 5.74) is 5.22. The van der Waals surface area contributed by atoms with E-state index in [1.807, 2.05) is 13.8 Å². The quantitative estimate of drug-likeness (QED) is 0.323. The number of nitrogens with two attached hydrogens (primary N) is 3. The van der Waals surface area contributed by atoms with Crippen molar-refractivity contribution < 1.29 is 9.90 Å². The predicted molar refractivity (Wildman–Crippen MR) is 43.4 cm³/mol. The largest absolute Gasteiger partial charge is 0.480 e. The van der Waals surface area contributed by atoms with Gasteiger partial charge >= 0.3 is 5.97 Å². The summed E-state index contributed by atoms with van der Waals surface area (Å²) in [6.45, 7) is 3.89. The Morgan fingerprint density at radius 1 is 1.45 bits per heavy atom. The predicted octanol–water partition coefficient (Wildman–Crippen LogP) is -0.737. The van der Waals surface area contributed by atoms with Crippen LogP contribution < -0.4 is 17.4 Å². The molecule has 0 aliphatic carbocycles. The van der Waals surface area contributed by atoms with E-state index in [9.17, 15) is 4.79 Å². The van der Waals surface area contributed by atoms with Crippen LogP contribution in [0, 0.1) is 5.92 Å². The Morgan fingerprint density at radius 2 is 1.82 bits per heavy atom. The lowest BCUT2D eigenvalue weighted by Crippen LogP contribution is -2.31. The van der Waals surface area contributed by atoms with Gasteiger partial charge in [0.2, 0.25) is 0 Å². The molecule has 0 aromatic heterocycles. The van der Waals surface area contributed by atoms with Crippen LogP contribution in [0.25, 0.3) is 0 Å². The van der Waals surface area contributed by atoms with E-state index in [4.69, 9.17) is 10.8 Å². The van der Waals surface area contributed by atoms with E-state index in [1.54, 1.807) is 0 Å². The van der Waals surface area contributed by atoms with Gasteiger partial charge in [0, 0.05) is 0 Å². The van der Waals surface area contributed by atoms with Crippen molar-refractivity contribution in [3.05, 3.63) is 0 Å². The van der Waals surface area contributed by atoms with E-state index in [2.05, 4.69) is 11.7 Å². The topological polar surface area (TPSA) is 115 Å². The van der Waals surface area contributed by atoms with E-state index in [0.29, 0.717) is 12.3 Å². The summed E-state index contributed by atoms with van der Waals surface area (Å²) >= 11 is 0. The van der Waals surface area contributed by atoms with Gasteiger partial charge in [-0.15, -0.1) is 0 Å². The molecule has 5 nitrogen and oxygen atoms in total. The summed E-state index contributed by atoms with van der Waals surface area (Å²) in [6.07, 6.45) is 0.551. The average Bonchev–Trinajstić information content (AvgIpc) is 1.90. The molecule has 0 heterocycles. The lowest BCUT2D eigenvalue weighted by molar-refractivity contribution is -0.138. The van der Waals surface area contributed by atoms with Gasteiger partial charge in [-0.05, 0) is 12.3 Å². The average molecular weight is 163 g/mol. The fraction of sp³-hybridized carbons (Fsp3) is 0.833. The van der Waals surface area contributed by atoms with E-state index < -0.39 is 12.0 Å². The normalized spacial score (nSPS) is 11.8. The molecular formula is C6H17N3O2. The molecule has 0 amide bonds. The second kappa shape index (κ2) is 7.46. The van der Waals surface area contributed by atoms with Crippen LogP contribution in [-0.4, -0.2) is 17.1 Å². The molecule has 11 heavy (non-hydrogen) atoms. The Kier molecular flexibility index (Phi) is 8.80. The van der Waals surface area contributed by atoms with Crippen LogP contribution in [0.1, 0.15) is 20.3 Å². The van der Waals surface area contributed by atoms with Crippen molar-refractivity contribution in [1.82, 2.24) is 0 Å². The molecule has 0 unspecified atom stereocenters. The maximum atomic E-state index is 10.1. The standard InChI is InChI=1S/C6H13NO2.H4N2/c1-4(2)3-5(7)6(8)9;1-2/h4-5H,3,7H2,1-2H3,(H,8,9);1-2H2/t5-;/m0./s1. The Bertz CT molecular complexity index is 106. The summed E-state index contributed by atoms with van der Waals surface area (Å²) in [5.74, 6) is 7.44. The number of rotatable bonds is 3. The van der Waals surface area contributed by atoms with Gasteiger partial charge in [0.05, 0.1) is 0 Å². The first-order valence-corrected chi connectivity index (χ1v) is 3.35. The molecular weight excluding hydrogens is 146 g/mol. The van der Waals surface area contributed by atoms with Crippen molar-refractivity contribution in [1.29, 1.82) is 0 Å². The van der Waals surface area contributed by atoms with Crippen molar-refractivity contribution in [2.24, 2.45) is 23.3 Å². The lowest BCUT2D eigenvalue weighted by Gasteiger charge is -2.07. The fourth-order valence-corrected chi connectivity index (χ4v) is 0.609. The third-order valence-electron chi connectivity index (χ3n) is 1.04. The SMILES string of the molecule is CC(C)C[C@H](N)C(=O)O.NN.